The van der Waals surface area contributed by atoms with Crippen LogP contribution in [-0.2, 0) is 0 Å². The van der Waals surface area contributed by atoms with Crippen molar-refractivity contribution < 1.29 is 4.74 Å². The molecule has 4 heteroatoms. The van der Waals surface area contributed by atoms with Gasteiger partial charge in [0.1, 0.15) is 5.75 Å². The quantitative estimate of drug-likeness (QED) is 0.788. The third kappa shape index (κ3) is 2.22. The zero-order valence-corrected chi connectivity index (χ0v) is 9.04. The lowest BCUT2D eigenvalue weighted by Crippen LogP contribution is -1.87. The van der Waals surface area contributed by atoms with E-state index >= 15 is 0 Å². The van der Waals surface area contributed by atoms with Gasteiger partial charge < -0.3 is 9.72 Å². The Morgan fingerprint density at radius 3 is 2.93 bits per heavy atom. The molecule has 0 saturated carbocycles. The number of methoxy groups -OCH3 is 1. The van der Waals surface area contributed by atoms with Crippen molar-refractivity contribution in [2.75, 3.05) is 7.11 Å². The molecule has 0 bridgehead atoms. The van der Waals surface area contributed by atoms with Crippen molar-refractivity contribution in [1.29, 1.82) is 0 Å². The number of hydrogen-bond acceptors (Lipinski definition) is 3. The topological polar surface area (TPSA) is 37.9 Å². The van der Waals surface area contributed by atoms with Crippen LogP contribution in [0.5, 0.6) is 5.75 Å². The van der Waals surface area contributed by atoms with Gasteiger partial charge in [0.05, 0.1) is 13.3 Å². The van der Waals surface area contributed by atoms with Gasteiger partial charge in [-0.25, -0.2) is 0 Å². The predicted molar refractivity (Wildman–Crippen MR) is 61.4 cm³/mol. The van der Waals surface area contributed by atoms with Crippen molar-refractivity contribution in [2.24, 2.45) is 0 Å². The molecule has 2 rings (SSSR count). The molecule has 2 aromatic rings. The SMILES string of the molecule is COc1cncc(-c2cc(=S)cc[nH]2)c1. The number of nitrogens with zero attached hydrogens (tertiary/aromatic N) is 1. The first-order valence-electron chi connectivity index (χ1n) is 4.48. The molecule has 0 atom stereocenters. The Bertz CT molecular complexity index is 522. The zero-order valence-electron chi connectivity index (χ0n) is 8.23. The van der Waals surface area contributed by atoms with Crippen LogP contribution < -0.4 is 4.74 Å². The largest absolute Gasteiger partial charge is 0.495 e. The number of aromatic amines is 1. The Labute approximate surface area is 92.8 Å². The minimum Gasteiger partial charge on any atom is -0.495 e. The summed E-state index contributed by atoms with van der Waals surface area (Å²) in [6, 6.07) is 5.64. The number of ether oxygens (including phenoxy) is 1. The van der Waals surface area contributed by atoms with Gasteiger partial charge in [0.15, 0.2) is 0 Å². The Balaban J connectivity index is 2.49. The summed E-state index contributed by atoms with van der Waals surface area (Å²) < 4.78 is 5.90. The molecule has 1 N–H and O–H groups in total. The number of pyridine rings is 2. The summed E-state index contributed by atoms with van der Waals surface area (Å²) in [7, 11) is 1.62. The van der Waals surface area contributed by atoms with E-state index in [0.29, 0.717) is 0 Å². The van der Waals surface area contributed by atoms with Crippen molar-refractivity contribution in [3.05, 3.63) is 41.3 Å². The van der Waals surface area contributed by atoms with E-state index in [1.807, 2.05) is 24.4 Å². The lowest BCUT2D eigenvalue weighted by Gasteiger charge is -2.03. The molecule has 0 aliphatic carbocycles. The van der Waals surface area contributed by atoms with E-state index < -0.39 is 0 Å². The van der Waals surface area contributed by atoms with Crippen LogP contribution >= 0.6 is 12.2 Å². The van der Waals surface area contributed by atoms with E-state index in [4.69, 9.17) is 17.0 Å². The lowest BCUT2D eigenvalue weighted by molar-refractivity contribution is 0.413. The summed E-state index contributed by atoms with van der Waals surface area (Å²) in [5.74, 6) is 0.732. The van der Waals surface area contributed by atoms with Crippen molar-refractivity contribution in [1.82, 2.24) is 9.97 Å². The summed E-state index contributed by atoms with van der Waals surface area (Å²) in [4.78, 5) is 7.20. The van der Waals surface area contributed by atoms with Gasteiger partial charge in [-0.2, -0.15) is 0 Å². The molecule has 0 saturated heterocycles. The molecule has 0 unspecified atom stereocenters. The van der Waals surface area contributed by atoms with Gasteiger partial charge in [0, 0.05) is 28.2 Å². The highest BCUT2D eigenvalue weighted by Crippen LogP contribution is 2.20. The maximum absolute atomic E-state index is 5.10. The van der Waals surface area contributed by atoms with Crippen molar-refractivity contribution in [3.63, 3.8) is 0 Å². The Morgan fingerprint density at radius 2 is 2.20 bits per heavy atom. The molecule has 0 spiro atoms. The Kier molecular flexibility index (Phi) is 2.78. The number of rotatable bonds is 2. The second-order valence-corrected chi connectivity index (χ2v) is 3.52. The van der Waals surface area contributed by atoms with Crippen molar-refractivity contribution in [2.45, 2.75) is 0 Å². The van der Waals surface area contributed by atoms with Crippen LogP contribution in [0.25, 0.3) is 11.3 Å². The average Bonchev–Trinajstić information content (AvgIpc) is 2.29. The molecule has 76 valence electrons. The summed E-state index contributed by atoms with van der Waals surface area (Å²) in [5.41, 5.74) is 1.90. The van der Waals surface area contributed by atoms with Crippen LogP contribution in [0, 0.1) is 4.51 Å². The van der Waals surface area contributed by atoms with E-state index in [-0.39, 0.29) is 0 Å². The summed E-state index contributed by atoms with van der Waals surface area (Å²) in [6.07, 6.45) is 5.25. The van der Waals surface area contributed by atoms with E-state index in [1.165, 1.54) is 0 Å². The third-order valence-electron chi connectivity index (χ3n) is 2.03. The second kappa shape index (κ2) is 4.23. The molecule has 15 heavy (non-hydrogen) atoms. The van der Waals surface area contributed by atoms with Gasteiger partial charge in [0.25, 0.3) is 0 Å². The highest BCUT2D eigenvalue weighted by atomic mass is 32.1. The molecule has 0 fully saturated rings. The van der Waals surface area contributed by atoms with Crippen molar-refractivity contribution >= 4 is 12.2 Å². The molecule has 0 aliphatic heterocycles. The van der Waals surface area contributed by atoms with E-state index in [0.717, 1.165) is 21.5 Å². The number of nitrogens with one attached hydrogen (secondary N) is 1. The van der Waals surface area contributed by atoms with Gasteiger partial charge in [-0.05, 0) is 18.2 Å². The summed E-state index contributed by atoms with van der Waals surface area (Å²) >= 11 is 5.09. The maximum Gasteiger partial charge on any atom is 0.137 e. The molecular formula is C11H10N2OS. The molecule has 3 nitrogen and oxygen atoms in total. The van der Waals surface area contributed by atoms with Gasteiger partial charge in [-0.15, -0.1) is 0 Å². The normalized spacial score (nSPS) is 9.93. The van der Waals surface area contributed by atoms with E-state index in [9.17, 15) is 0 Å². The molecule has 2 aromatic heterocycles. The van der Waals surface area contributed by atoms with Gasteiger partial charge >= 0.3 is 0 Å². The van der Waals surface area contributed by atoms with Gasteiger partial charge in [-0.3, -0.25) is 4.98 Å². The molecule has 0 aliphatic rings. The first-order chi connectivity index (χ1) is 7.29. The van der Waals surface area contributed by atoms with Crippen LogP contribution in [0.15, 0.2) is 36.8 Å². The monoisotopic (exact) mass is 218 g/mol. The third-order valence-corrected chi connectivity index (χ3v) is 2.29. The molecule has 0 amide bonds. The Hall–Kier alpha value is -1.68. The van der Waals surface area contributed by atoms with E-state index in [1.54, 1.807) is 19.5 Å². The van der Waals surface area contributed by atoms with Gasteiger partial charge in [0.2, 0.25) is 0 Å². The van der Waals surface area contributed by atoms with Crippen LogP contribution in [0.2, 0.25) is 0 Å². The first-order valence-corrected chi connectivity index (χ1v) is 4.88. The fourth-order valence-corrected chi connectivity index (χ4v) is 1.48. The minimum atomic E-state index is 0.732. The van der Waals surface area contributed by atoms with Crippen molar-refractivity contribution in [3.8, 4) is 17.0 Å². The van der Waals surface area contributed by atoms with Crippen LogP contribution in [-0.4, -0.2) is 17.1 Å². The highest BCUT2D eigenvalue weighted by Gasteiger charge is 1.99. The maximum atomic E-state index is 5.10. The predicted octanol–water partition coefficient (Wildman–Crippen LogP) is 2.81. The van der Waals surface area contributed by atoms with Crippen LogP contribution in [0.3, 0.4) is 0 Å². The second-order valence-electron chi connectivity index (χ2n) is 3.05. The fourth-order valence-electron chi connectivity index (χ4n) is 1.29. The minimum absolute atomic E-state index is 0.732. The molecule has 2 heterocycles. The number of aromatic nitrogens is 2. The van der Waals surface area contributed by atoms with Crippen LogP contribution in [0.4, 0.5) is 0 Å². The smallest absolute Gasteiger partial charge is 0.137 e. The molecule has 0 radical (unpaired) electrons. The molecular weight excluding hydrogens is 208 g/mol. The number of hydrogen-bond donors (Lipinski definition) is 1. The summed E-state index contributed by atoms with van der Waals surface area (Å²) in [6.45, 7) is 0. The highest BCUT2D eigenvalue weighted by molar-refractivity contribution is 7.71. The van der Waals surface area contributed by atoms with Gasteiger partial charge in [-0.1, -0.05) is 12.2 Å². The lowest BCUT2D eigenvalue weighted by atomic mass is 10.2. The number of H-pyrrole nitrogens is 1. The first kappa shape index (κ1) is 9.86. The van der Waals surface area contributed by atoms with Crippen LogP contribution in [0.1, 0.15) is 0 Å². The fraction of sp³-hybridized carbons (Fsp3) is 0.0909. The standard InChI is InChI=1S/C11H10N2OS/c1-14-9-4-8(6-12-7-9)11-5-10(15)2-3-13-11/h2-7H,1H3,(H,13,15). The Morgan fingerprint density at radius 1 is 1.33 bits per heavy atom. The van der Waals surface area contributed by atoms with E-state index in [2.05, 4.69) is 9.97 Å². The summed E-state index contributed by atoms with van der Waals surface area (Å²) in [5, 5.41) is 0. The molecule has 0 aromatic carbocycles. The average molecular weight is 218 g/mol. The zero-order chi connectivity index (χ0) is 10.7.